The van der Waals surface area contributed by atoms with Crippen molar-refractivity contribution in [2.45, 2.75) is 121 Å². The highest BCUT2D eigenvalue weighted by Gasteiger charge is 2.40. The zero-order valence-corrected chi connectivity index (χ0v) is 41.9. The molecule has 1 aromatic heterocycles. The third kappa shape index (κ3) is 17.1. The number of para-hydroxylation sites is 1. The van der Waals surface area contributed by atoms with Crippen LogP contribution in [0.15, 0.2) is 96.1 Å². The third-order valence-corrected chi connectivity index (χ3v) is 12.5. The van der Waals surface area contributed by atoms with Crippen LogP contribution < -0.4 is 49.1 Å². The number of aliphatic imine (C=N–C) groups is 1. The molecule has 5 rings (SSSR count). The smallest absolute Gasteiger partial charge is 0.326 e. The Bertz CT molecular complexity index is 2590. The summed E-state index contributed by atoms with van der Waals surface area (Å²) in [6, 6.07) is 16.2. The van der Waals surface area contributed by atoms with Crippen LogP contribution in [0, 0.1) is 5.92 Å². The van der Waals surface area contributed by atoms with E-state index in [9.17, 15) is 48.6 Å². The number of nitrogens with two attached hydrogens (primary N) is 3. The number of carboxylic acid groups (broad SMARTS) is 1. The second kappa shape index (κ2) is 27.8. The van der Waals surface area contributed by atoms with Gasteiger partial charge in [0.05, 0.1) is 18.7 Å². The molecule has 2 heterocycles. The minimum Gasteiger partial charge on any atom is -0.480 e. The summed E-state index contributed by atoms with van der Waals surface area (Å²) < 4.78 is 0. The van der Waals surface area contributed by atoms with Gasteiger partial charge in [-0.1, -0.05) is 92.7 Å². The van der Waals surface area contributed by atoms with Crippen LogP contribution in [-0.2, 0) is 57.6 Å². The zero-order valence-electron chi connectivity index (χ0n) is 41.9. The van der Waals surface area contributed by atoms with Crippen molar-refractivity contribution in [3.05, 3.63) is 108 Å². The van der Waals surface area contributed by atoms with Gasteiger partial charge in [-0.2, -0.15) is 0 Å². The van der Waals surface area contributed by atoms with Crippen molar-refractivity contribution in [2.75, 3.05) is 19.6 Å². The number of aromatic nitrogens is 1. The molecule has 4 aromatic rings. The number of aliphatic hydroxyl groups is 1. The van der Waals surface area contributed by atoms with E-state index < -0.39 is 102 Å². The number of carbonyl (C=O) groups is 8. The molecule has 3 aromatic carbocycles. The second-order valence-electron chi connectivity index (χ2n) is 18.9. The lowest BCUT2D eigenvalue weighted by molar-refractivity contribution is -0.142. The van der Waals surface area contributed by atoms with Crippen LogP contribution in [-0.4, -0.2) is 141 Å². The molecule has 1 fully saturated rings. The number of aliphatic carboxylic acids is 1. The van der Waals surface area contributed by atoms with Crippen LogP contribution in [0.4, 0.5) is 0 Å². The van der Waals surface area contributed by atoms with E-state index in [0.29, 0.717) is 24.0 Å². The van der Waals surface area contributed by atoms with Gasteiger partial charge >= 0.3 is 5.97 Å². The lowest BCUT2D eigenvalue weighted by Crippen LogP contribution is -2.61. The van der Waals surface area contributed by atoms with Gasteiger partial charge in [0.15, 0.2) is 5.96 Å². The number of likely N-dealkylation sites (tertiary alicyclic amines) is 1. The van der Waals surface area contributed by atoms with Crippen LogP contribution in [0.2, 0.25) is 0 Å². The Balaban J connectivity index is 1.25. The highest BCUT2D eigenvalue weighted by Crippen LogP contribution is 2.22. The number of hydrogen-bond donors (Lipinski definition) is 12. The first-order chi connectivity index (χ1) is 35.3. The molecule has 0 bridgehead atoms. The summed E-state index contributed by atoms with van der Waals surface area (Å²) in [7, 11) is 0. The van der Waals surface area contributed by atoms with Gasteiger partial charge in [-0.05, 0) is 67.7 Å². The molecule has 0 radical (unpaired) electrons. The van der Waals surface area contributed by atoms with E-state index in [1.54, 1.807) is 60.8 Å². The number of benzene rings is 3. The molecule has 7 amide bonds. The van der Waals surface area contributed by atoms with E-state index in [0.717, 1.165) is 16.5 Å². The Morgan fingerprint density at radius 1 is 0.730 bits per heavy atom. The third-order valence-electron chi connectivity index (χ3n) is 12.5. The number of amides is 7. The summed E-state index contributed by atoms with van der Waals surface area (Å²) in [5, 5.41) is 37.2. The lowest BCUT2D eigenvalue weighted by atomic mass is 10.0. The van der Waals surface area contributed by atoms with Gasteiger partial charge in [-0.25, -0.2) is 4.79 Å². The Labute approximate surface area is 429 Å². The molecule has 22 nitrogen and oxygen atoms in total. The molecule has 1 aliphatic heterocycles. The van der Waals surface area contributed by atoms with Crippen molar-refractivity contribution in [2.24, 2.45) is 28.1 Å². The van der Waals surface area contributed by atoms with Crippen molar-refractivity contribution in [3.8, 4) is 0 Å². The summed E-state index contributed by atoms with van der Waals surface area (Å²) in [5.41, 5.74) is 19.8. The van der Waals surface area contributed by atoms with E-state index in [2.05, 4.69) is 41.9 Å². The standard InChI is InChI=1S/C52H70N12O10/c1-30(2)24-38(60-48(70)42-21-13-23-64(42)50(72)40(26-33-16-8-5-9-17-33)62-45(67)36(53)19-12-22-56-52(54)55)47(69)63-44(31(3)65)49(71)61-39(25-32-14-6-4-7-15-32)46(68)58-29-43(66)59-41(51(73)74)27-34-28-57-37-20-11-10-18-35(34)37/h4-11,14-18,20,28,30-31,36,38-42,44,57,65H,12-13,19,21-27,29,53H2,1-3H3,(H,58,68)(H,59,66)(H,60,70)(H,61,71)(H,62,67)(H,63,69)(H,73,74)(H4,54,55,56)/t31-,36+,38+,39+,40+,41+,42+,44+/m1/s1. The molecule has 15 N–H and O–H groups in total. The summed E-state index contributed by atoms with van der Waals surface area (Å²) in [5.74, 6) is -6.70. The van der Waals surface area contributed by atoms with Crippen molar-refractivity contribution >= 4 is 64.2 Å². The average molecular weight is 1020 g/mol. The van der Waals surface area contributed by atoms with E-state index in [4.69, 9.17) is 17.2 Å². The normalized spacial score (nSPS) is 16.1. The first kappa shape index (κ1) is 57.1. The Morgan fingerprint density at radius 3 is 1.97 bits per heavy atom. The topological polar surface area (TPSA) is 359 Å². The van der Waals surface area contributed by atoms with Crippen LogP contribution in [0.1, 0.15) is 69.6 Å². The molecule has 0 unspecified atom stereocenters. The minimum absolute atomic E-state index is 0.0449. The van der Waals surface area contributed by atoms with Gasteiger partial charge in [0.1, 0.15) is 36.3 Å². The van der Waals surface area contributed by atoms with Gasteiger partial charge < -0.3 is 69.2 Å². The molecule has 22 heteroatoms. The SMILES string of the molecule is CC(C)C[C@H](NC(=O)[C@@H]1CCCN1C(=O)[C@H](Cc1ccccc1)NC(=O)[C@@H](N)CCCN=C(N)N)C(=O)N[C@H](C(=O)N[C@@H](Cc1ccccc1)C(=O)NCC(=O)N[C@@H](Cc1c[nH]c2ccccc12)C(=O)O)[C@@H](C)O. The maximum atomic E-state index is 14.4. The molecule has 74 heavy (non-hydrogen) atoms. The lowest BCUT2D eigenvalue weighted by Gasteiger charge is -2.31. The monoisotopic (exact) mass is 1020 g/mol. The van der Waals surface area contributed by atoms with E-state index in [1.165, 1.54) is 11.8 Å². The number of fused-ring (bicyclic) bond motifs is 1. The fraction of sp³-hybridized carbons (Fsp3) is 0.442. The van der Waals surface area contributed by atoms with E-state index in [-0.39, 0.29) is 63.5 Å². The number of aromatic amines is 1. The minimum atomic E-state index is -1.64. The first-order valence-electron chi connectivity index (χ1n) is 24.7. The summed E-state index contributed by atoms with van der Waals surface area (Å²) in [6.45, 7) is 4.70. The molecule has 1 aliphatic rings. The number of H-pyrrole nitrogens is 1. The largest absolute Gasteiger partial charge is 0.480 e. The maximum absolute atomic E-state index is 14.4. The predicted octanol–water partition coefficient (Wildman–Crippen LogP) is -0.381. The molecule has 0 aliphatic carbocycles. The maximum Gasteiger partial charge on any atom is 0.326 e. The van der Waals surface area contributed by atoms with Crippen LogP contribution in [0.25, 0.3) is 10.9 Å². The molecular formula is C52H70N12O10. The summed E-state index contributed by atoms with van der Waals surface area (Å²) >= 11 is 0. The van der Waals surface area contributed by atoms with E-state index >= 15 is 0 Å². The van der Waals surface area contributed by atoms with Crippen molar-refractivity contribution in [1.29, 1.82) is 0 Å². The Kier molecular flexibility index (Phi) is 21.5. The number of carbonyl (C=O) groups excluding carboxylic acids is 7. The van der Waals surface area contributed by atoms with Crippen LogP contribution in [0.3, 0.4) is 0 Å². The highest BCUT2D eigenvalue weighted by atomic mass is 16.4. The molecule has 398 valence electrons. The van der Waals surface area contributed by atoms with Crippen LogP contribution >= 0.6 is 0 Å². The van der Waals surface area contributed by atoms with Gasteiger partial charge in [0, 0.05) is 49.5 Å². The fourth-order valence-electron chi connectivity index (χ4n) is 8.69. The molecular weight excluding hydrogens is 953 g/mol. The van der Waals surface area contributed by atoms with Crippen LogP contribution in [0.5, 0.6) is 0 Å². The van der Waals surface area contributed by atoms with Crippen molar-refractivity contribution < 1.29 is 48.6 Å². The fourth-order valence-corrected chi connectivity index (χ4v) is 8.69. The number of rotatable bonds is 27. The Morgan fingerprint density at radius 2 is 1.35 bits per heavy atom. The Hall–Kier alpha value is -7.85. The number of nitrogens with zero attached hydrogens (tertiary/aromatic N) is 2. The van der Waals surface area contributed by atoms with Gasteiger partial charge in [0.25, 0.3) is 0 Å². The first-order valence-corrected chi connectivity index (χ1v) is 24.7. The molecule has 8 atom stereocenters. The number of nitrogens with one attached hydrogen (secondary N) is 7. The quantitative estimate of drug-likeness (QED) is 0.0206. The van der Waals surface area contributed by atoms with Crippen molar-refractivity contribution in [1.82, 2.24) is 41.8 Å². The number of hydrogen-bond acceptors (Lipinski definition) is 11. The highest BCUT2D eigenvalue weighted by molar-refractivity contribution is 5.98. The zero-order chi connectivity index (χ0) is 53.9. The average Bonchev–Trinajstić information content (AvgIpc) is 4.03. The predicted molar refractivity (Wildman–Crippen MR) is 276 cm³/mol. The number of guanidine groups is 1. The molecule has 1 saturated heterocycles. The summed E-state index contributed by atoms with van der Waals surface area (Å²) in [4.78, 5) is 117. The summed E-state index contributed by atoms with van der Waals surface area (Å²) in [6.07, 6.45) is 1.55. The van der Waals surface area contributed by atoms with E-state index in [1.807, 2.05) is 44.2 Å². The molecule has 0 spiro atoms. The van der Waals surface area contributed by atoms with Gasteiger partial charge in [-0.3, -0.25) is 38.6 Å². The van der Waals surface area contributed by atoms with Crippen molar-refractivity contribution in [3.63, 3.8) is 0 Å². The molecule has 0 saturated carbocycles. The second-order valence-corrected chi connectivity index (χ2v) is 18.9. The van der Waals surface area contributed by atoms with Gasteiger partial charge in [0.2, 0.25) is 41.4 Å². The number of carboxylic acids is 1. The van der Waals surface area contributed by atoms with Gasteiger partial charge in [-0.15, -0.1) is 0 Å². The number of aliphatic hydroxyl groups excluding tert-OH is 1.